The van der Waals surface area contributed by atoms with Gasteiger partial charge in [0.15, 0.2) is 6.10 Å². The molecule has 0 aliphatic carbocycles. The molecule has 200 valence electrons. The highest BCUT2D eigenvalue weighted by atomic mass is 16.5. The van der Waals surface area contributed by atoms with Crippen LogP contribution in [0.1, 0.15) is 62.1 Å². The highest BCUT2D eigenvalue weighted by molar-refractivity contribution is 5.85. The maximum Gasteiger partial charge on any atom is 0.339 e. The number of ether oxygens (including phenoxy) is 3. The van der Waals surface area contributed by atoms with Crippen molar-refractivity contribution in [1.29, 1.82) is 0 Å². The molecule has 0 amide bonds. The quantitative estimate of drug-likeness (QED) is 0.473. The van der Waals surface area contributed by atoms with Crippen molar-refractivity contribution in [3.8, 4) is 33.8 Å². The van der Waals surface area contributed by atoms with E-state index in [-0.39, 0.29) is 5.56 Å². The number of fused-ring (bicyclic) bond motifs is 2. The fourth-order valence-corrected chi connectivity index (χ4v) is 5.54. The van der Waals surface area contributed by atoms with Crippen LogP contribution >= 0.6 is 0 Å². The number of carbonyl (C=O) groups is 1. The average molecular weight is 518 g/mol. The van der Waals surface area contributed by atoms with Crippen molar-refractivity contribution < 1.29 is 24.1 Å². The first-order valence-electron chi connectivity index (χ1n) is 13.2. The van der Waals surface area contributed by atoms with E-state index in [9.17, 15) is 14.7 Å². The van der Waals surface area contributed by atoms with E-state index in [1.54, 1.807) is 7.05 Å². The van der Waals surface area contributed by atoms with Crippen LogP contribution in [-0.2, 0) is 29.4 Å². The van der Waals surface area contributed by atoms with Gasteiger partial charge in [0, 0.05) is 12.6 Å². The van der Waals surface area contributed by atoms with Crippen LogP contribution < -0.4 is 15.0 Å². The molecule has 0 saturated carbocycles. The summed E-state index contributed by atoms with van der Waals surface area (Å²) in [6.07, 6.45) is 2.28. The van der Waals surface area contributed by atoms with Crippen molar-refractivity contribution in [2.75, 3.05) is 13.2 Å². The number of hydrogen-bond donors (Lipinski definition) is 1. The molecule has 1 N–H and O–H groups in total. The minimum absolute atomic E-state index is 0.261. The second-order valence-corrected chi connectivity index (χ2v) is 11.1. The minimum atomic E-state index is -1.33. The van der Waals surface area contributed by atoms with E-state index in [0.717, 1.165) is 65.0 Å². The number of carboxylic acids is 1. The van der Waals surface area contributed by atoms with Crippen molar-refractivity contribution in [2.45, 2.75) is 65.1 Å². The summed E-state index contributed by atoms with van der Waals surface area (Å²) in [7, 11) is 1.63. The smallest absolute Gasteiger partial charge is 0.339 e. The normalized spacial score (nSPS) is 15.6. The van der Waals surface area contributed by atoms with Gasteiger partial charge in [-0.15, -0.1) is 0 Å². The fourth-order valence-electron chi connectivity index (χ4n) is 5.54. The zero-order chi connectivity index (χ0) is 27.2. The molecule has 7 heteroatoms. The topological polar surface area (TPSA) is 87.0 Å². The number of carboxylic acid groups (broad SMARTS) is 1. The number of pyridine rings is 1. The first kappa shape index (κ1) is 26.0. The van der Waals surface area contributed by atoms with Gasteiger partial charge in [-0.2, -0.15) is 0 Å². The summed E-state index contributed by atoms with van der Waals surface area (Å²) in [5.74, 6) is 0.556. The molecular formula is C31H35NO6. The number of rotatable bonds is 5. The minimum Gasteiger partial charge on any atom is -0.493 e. The Morgan fingerprint density at radius 2 is 1.47 bits per heavy atom. The van der Waals surface area contributed by atoms with Gasteiger partial charge in [-0.25, -0.2) is 4.79 Å². The van der Waals surface area contributed by atoms with Crippen LogP contribution in [0.4, 0.5) is 0 Å². The molecule has 1 aromatic heterocycles. The number of aromatic nitrogens is 1. The molecule has 2 aromatic carbocycles. The Labute approximate surface area is 223 Å². The molecular weight excluding hydrogens is 482 g/mol. The second-order valence-electron chi connectivity index (χ2n) is 11.1. The maximum absolute atomic E-state index is 14.0. The number of benzene rings is 2. The van der Waals surface area contributed by atoms with Gasteiger partial charge in [-0.3, -0.25) is 4.79 Å². The van der Waals surface area contributed by atoms with E-state index in [0.29, 0.717) is 30.0 Å². The summed E-state index contributed by atoms with van der Waals surface area (Å²) in [6.45, 7) is 8.72. The van der Waals surface area contributed by atoms with E-state index in [4.69, 9.17) is 14.2 Å². The lowest BCUT2D eigenvalue weighted by molar-refractivity contribution is -0.161. The third kappa shape index (κ3) is 4.83. The van der Waals surface area contributed by atoms with Crippen molar-refractivity contribution >= 4 is 5.97 Å². The predicted molar refractivity (Wildman–Crippen MR) is 146 cm³/mol. The zero-order valence-corrected chi connectivity index (χ0v) is 22.7. The molecule has 5 rings (SSSR count). The molecule has 3 heterocycles. The van der Waals surface area contributed by atoms with Crippen LogP contribution in [0.5, 0.6) is 11.5 Å². The lowest BCUT2D eigenvalue weighted by Crippen LogP contribution is -2.33. The van der Waals surface area contributed by atoms with Gasteiger partial charge in [0.25, 0.3) is 5.56 Å². The Morgan fingerprint density at radius 1 is 0.947 bits per heavy atom. The first-order valence-corrected chi connectivity index (χ1v) is 13.2. The Bertz CT molecular complexity index is 1460. The van der Waals surface area contributed by atoms with Crippen molar-refractivity contribution in [2.24, 2.45) is 7.05 Å². The van der Waals surface area contributed by atoms with E-state index in [1.807, 2.05) is 58.0 Å². The number of aliphatic carboxylic acids is 1. The molecule has 0 fully saturated rings. The number of nitrogens with zero attached hydrogens (tertiary/aromatic N) is 1. The Balaban J connectivity index is 1.80. The summed E-state index contributed by atoms with van der Waals surface area (Å²) in [5, 5.41) is 10.3. The molecule has 2 aliphatic heterocycles. The Hall–Kier alpha value is -3.58. The molecule has 1 atom stereocenters. The average Bonchev–Trinajstić information content (AvgIpc) is 2.88. The molecule has 0 radical (unpaired) electrons. The maximum atomic E-state index is 14.0. The summed E-state index contributed by atoms with van der Waals surface area (Å²) in [4.78, 5) is 26.6. The van der Waals surface area contributed by atoms with Crippen LogP contribution in [0.25, 0.3) is 22.3 Å². The van der Waals surface area contributed by atoms with Crippen LogP contribution in [0.2, 0.25) is 0 Å². The largest absolute Gasteiger partial charge is 0.493 e. The molecule has 0 saturated heterocycles. The second kappa shape index (κ2) is 9.95. The third-order valence-corrected chi connectivity index (χ3v) is 7.22. The van der Waals surface area contributed by atoms with E-state index in [1.165, 1.54) is 4.57 Å². The Morgan fingerprint density at radius 3 is 1.97 bits per heavy atom. The fraction of sp³-hybridized carbons (Fsp3) is 0.419. The third-order valence-electron chi connectivity index (χ3n) is 7.22. The van der Waals surface area contributed by atoms with Crippen molar-refractivity contribution in [3.05, 3.63) is 69.1 Å². The van der Waals surface area contributed by atoms with Crippen LogP contribution in [-0.4, -0.2) is 34.5 Å². The zero-order valence-electron chi connectivity index (χ0n) is 22.7. The van der Waals surface area contributed by atoms with E-state index >= 15 is 0 Å². The molecule has 3 aromatic rings. The van der Waals surface area contributed by atoms with Gasteiger partial charge in [0.1, 0.15) is 11.5 Å². The monoisotopic (exact) mass is 517 g/mol. The summed E-state index contributed by atoms with van der Waals surface area (Å²) < 4.78 is 19.1. The molecule has 1 unspecified atom stereocenters. The molecule has 38 heavy (non-hydrogen) atoms. The standard InChI is InChI=1S/C31H35NO6/c1-18-25(21-10-12-23-19(16-21)8-6-14-36-23)27(28(30(34)35)38-31(2,3)4)32(5)29(33)26(18)22-11-13-24-20(17-22)9-7-15-37-24/h10-13,16-17,28H,6-9,14-15H2,1-5H3,(H,34,35). The highest BCUT2D eigenvalue weighted by Gasteiger charge is 2.34. The summed E-state index contributed by atoms with van der Waals surface area (Å²) >= 11 is 0. The van der Waals surface area contributed by atoms with Crippen LogP contribution in [0.15, 0.2) is 41.2 Å². The van der Waals surface area contributed by atoms with E-state index in [2.05, 4.69) is 6.07 Å². The van der Waals surface area contributed by atoms with Gasteiger partial charge < -0.3 is 23.9 Å². The summed E-state index contributed by atoms with van der Waals surface area (Å²) in [5.41, 5.74) is 5.07. The number of aryl methyl sites for hydroxylation is 2. The summed E-state index contributed by atoms with van der Waals surface area (Å²) in [6, 6.07) is 11.8. The first-order chi connectivity index (χ1) is 18.0. The van der Waals surface area contributed by atoms with Gasteiger partial charge >= 0.3 is 5.97 Å². The highest BCUT2D eigenvalue weighted by Crippen LogP contribution is 2.40. The van der Waals surface area contributed by atoms with Gasteiger partial charge in [-0.05, 0) is 105 Å². The van der Waals surface area contributed by atoms with Gasteiger partial charge in [0.2, 0.25) is 0 Å². The van der Waals surface area contributed by atoms with Crippen LogP contribution in [0, 0.1) is 6.92 Å². The SMILES string of the molecule is Cc1c(-c2ccc3c(c2)CCCO3)c(C(OC(C)(C)C)C(=O)O)n(C)c(=O)c1-c1ccc2c(c1)CCCO2. The van der Waals surface area contributed by atoms with Gasteiger partial charge in [0.05, 0.1) is 30.1 Å². The Kier molecular flexibility index (Phi) is 6.82. The lowest BCUT2D eigenvalue weighted by Gasteiger charge is -2.30. The predicted octanol–water partition coefficient (Wildman–Crippen LogP) is 5.62. The van der Waals surface area contributed by atoms with E-state index < -0.39 is 17.7 Å². The molecule has 2 aliphatic rings. The van der Waals surface area contributed by atoms with Crippen molar-refractivity contribution in [1.82, 2.24) is 4.57 Å². The van der Waals surface area contributed by atoms with Gasteiger partial charge in [-0.1, -0.05) is 12.1 Å². The van der Waals surface area contributed by atoms with Crippen molar-refractivity contribution in [3.63, 3.8) is 0 Å². The molecule has 0 spiro atoms. The van der Waals surface area contributed by atoms with Crippen LogP contribution in [0.3, 0.4) is 0 Å². The molecule has 0 bridgehead atoms. The molecule has 7 nitrogen and oxygen atoms in total. The number of hydrogen-bond acceptors (Lipinski definition) is 5. The lowest BCUT2D eigenvalue weighted by atomic mass is 9.88.